The first kappa shape index (κ1) is 19.3. The molecule has 7 nitrogen and oxygen atoms in total. The van der Waals surface area contributed by atoms with Gasteiger partial charge in [-0.2, -0.15) is 0 Å². The summed E-state index contributed by atoms with van der Waals surface area (Å²) in [5, 5.41) is 3.30. The number of piperidine rings is 1. The number of rotatable bonds is 6. The quantitative estimate of drug-likeness (QED) is 0.757. The summed E-state index contributed by atoms with van der Waals surface area (Å²) in [4.78, 5) is 34.3. The Morgan fingerprint density at radius 1 is 1.30 bits per heavy atom. The van der Waals surface area contributed by atoms with Crippen molar-refractivity contribution in [3.8, 4) is 0 Å². The molecule has 2 heterocycles. The molecule has 1 saturated heterocycles. The van der Waals surface area contributed by atoms with Gasteiger partial charge < -0.3 is 19.9 Å². The smallest absolute Gasteiger partial charge is 0.343 e. The fourth-order valence-corrected chi connectivity index (χ4v) is 3.49. The molecule has 0 unspecified atom stereocenters. The van der Waals surface area contributed by atoms with Crippen molar-refractivity contribution >= 4 is 22.9 Å². The van der Waals surface area contributed by atoms with E-state index in [1.807, 2.05) is 11.8 Å². The van der Waals surface area contributed by atoms with E-state index < -0.39 is 11.8 Å². The Hall–Kier alpha value is -2.48. The molecular formula is C19H25FN4O3. The summed E-state index contributed by atoms with van der Waals surface area (Å²) in [5.41, 5.74) is 0.316. The second-order valence-corrected chi connectivity index (χ2v) is 6.60. The molecule has 1 aliphatic rings. The van der Waals surface area contributed by atoms with E-state index in [0.717, 1.165) is 32.4 Å². The van der Waals surface area contributed by atoms with Crippen LogP contribution < -0.4 is 5.32 Å². The number of esters is 1. The van der Waals surface area contributed by atoms with Crippen LogP contribution in [0.2, 0.25) is 0 Å². The van der Waals surface area contributed by atoms with Gasteiger partial charge in [-0.15, -0.1) is 0 Å². The zero-order chi connectivity index (χ0) is 19.4. The van der Waals surface area contributed by atoms with Gasteiger partial charge in [-0.25, -0.2) is 14.2 Å². The van der Waals surface area contributed by atoms with Crippen molar-refractivity contribution in [2.24, 2.45) is 0 Å². The molecule has 0 aliphatic carbocycles. The van der Waals surface area contributed by atoms with Crippen LogP contribution in [0.4, 0.5) is 4.39 Å². The number of carbonyl (C=O) groups is 2. The summed E-state index contributed by atoms with van der Waals surface area (Å²) in [5.74, 6) is -1.60. The Bertz CT molecular complexity index is 830. The number of amides is 1. The number of nitrogens with one attached hydrogen (secondary N) is 2. The van der Waals surface area contributed by atoms with Crippen molar-refractivity contribution in [1.82, 2.24) is 20.2 Å². The monoisotopic (exact) mass is 376 g/mol. The standard InChI is InChI=1S/C19H25FN4O3/c1-3-11-24(12-7-9-21-10-8-12)18(25)17-22-14-6-5-13(20)15(16(14)23-17)19(26)27-4-2/h5-6,12,21H,3-4,7-11H2,1-2H3,(H,22,23). The number of hydrogen-bond acceptors (Lipinski definition) is 5. The Kier molecular flexibility index (Phi) is 6.05. The minimum Gasteiger partial charge on any atom is -0.462 e. The molecule has 0 saturated carbocycles. The summed E-state index contributed by atoms with van der Waals surface area (Å²) >= 11 is 0. The highest BCUT2D eigenvalue weighted by Gasteiger charge is 2.28. The van der Waals surface area contributed by atoms with Crippen LogP contribution in [-0.4, -0.2) is 59.0 Å². The van der Waals surface area contributed by atoms with E-state index >= 15 is 0 Å². The third-order valence-electron chi connectivity index (χ3n) is 4.76. The van der Waals surface area contributed by atoms with Crippen molar-refractivity contribution < 1.29 is 18.7 Å². The molecule has 2 aromatic rings. The number of fused-ring (bicyclic) bond motifs is 1. The molecule has 27 heavy (non-hydrogen) atoms. The van der Waals surface area contributed by atoms with Gasteiger partial charge in [-0.1, -0.05) is 6.92 Å². The minimum atomic E-state index is -0.783. The average Bonchev–Trinajstić information content (AvgIpc) is 3.10. The highest BCUT2D eigenvalue weighted by Crippen LogP contribution is 2.23. The number of nitrogens with zero attached hydrogens (tertiary/aromatic N) is 2. The fraction of sp³-hybridized carbons (Fsp3) is 0.526. The number of aromatic amines is 1. The zero-order valence-electron chi connectivity index (χ0n) is 15.7. The zero-order valence-corrected chi connectivity index (χ0v) is 15.7. The predicted molar refractivity (Wildman–Crippen MR) is 99.2 cm³/mol. The Balaban J connectivity index is 1.96. The van der Waals surface area contributed by atoms with Crippen LogP contribution in [-0.2, 0) is 4.74 Å². The summed E-state index contributed by atoms with van der Waals surface area (Å²) in [6, 6.07) is 2.80. The molecule has 1 amide bonds. The number of aromatic nitrogens is 2. The molecule has 3 rings (SSSR count). The maximum atomic E-state index is 14.2. The summed E-state index contributed by atoms with van der Waals surface area (Å²) in [7, 11) is 0. The maximum absolute atomic E-state index is 14.2. The number of imidazole rings is 1. The minimum absolute atomic E-state index is 0.119. The molecule has 2 N–H and O–H groups in total. The lowest BCUT2D eigenvalue weighted by Crippen LogP contribution is -2.46. The van der Waals surface area contributed by atoms with Gasteiger partial charge in [0.25, 0.3) is 5.91 Å². The van der Waals surface area contributed by atoms with E-state index in [9.17, 15) is 14.0 Å². The number of hydrogen-bond donors (Lipinski definition) is 2. The van der Waals surface area contributed by atoms with Crippen molar-refractivity contribution in [2.75, 3.05) is 26.2 Å². The first-order valence-electron chi connectivity index (χ1n) is 9.43. The Morgan fingerprint density at radius 2 is 2.04 bits per heavy atom. The normalized spacial score (nSPS) is 15.1. The summed E-state index contributed by atoms with van der Waals surface area (Å²) in [6.45, 7) is 6.17. The van der Waals surface area contributed by atoms with Gasteiger partial charge in [0.15, 0.2) is 5.82 Å². The molecule has 1 aromatic carbocycles. The van der Waals surface area contributed by atoms with E-state index in [0.29, 0.717) is 12.1 Å². The van der Waals surface area contributed by atoms with Gasteiger partial charge in [0, 0.05) is 12.6 Å². The van der Waals surface area contributed by atoms with E-state index in [2.05, 4.69) is 15.3 Å². The van der Waals surface area contributed by atoms with Crippen molar-refractivity contribution in [2.45, 2.75) is 39.2 Å². The molecule has 1 fully saturated rings. The van der Waals surface area contributed by atoms with E-state index in [1.165, 1.54) is 12.1 Å². The van der Waals surface area contributed by atoms with Gasteiger partial charge in [0.1, 0.15) is 16.9 Å². The fourth-order valence-electron chi connectivity index (χ4n) is 3.49. The SMILES string of the molecule is CCCN(C(=O)c1nc2c(C(=O)OCC)c(F)ccc2[nH]1)C1CCNCC1. The van der Waals surface area contributed by atoms with Gasteiger partial charge in [-0.05, 0) is 51.4 Å². The molecule has 146 valence electrons. The first-order chi connectivity index (χ1) is 13.1. The van der Waals surface area contributed by atoms with Gasteiger partial charge >= 0.3 is 5.97 Å². The third kappa shape index (κ3) is 3.95. The molecule has 0 bridgehead atoms. The number of benzene rings is 1. The highest BCUT2D eigenvalue weighted by molar-refractivity contribution is 6.04. The number of ether oxygens (including phenoxy) is 1. The topological polar surface area (TPSA) is 87.3 Å². The predicted octanol–water partition coefficient (Wildman–Crippen LogP) is 2.48. The van der Waals surface area contributed by atoms with Crippen molar-refractivity contribution in [3.05, 3.63) is 29.3 Å². The molecule has 1 aromatic heterocycles. The molecule has 8 heteroatoms. The van der Waals surface area contributed by atoms with Crippen LogP contribution in [0.5, 0.6) is 0 Å². The van der Waals surface area contributed by atoms with E-state index in [1.54, 1.807) is 6.92 Å². The molecule has 0 radical (unpaired) electrons. The number of carbonyl (C=O) groups excluding carboxylic acids is 2. The highest BCUT2D eigenvalue weighted by atomic mass is 19.1. The van der Waals surface area contributed by atoms with Crippen LogP contribution in [0.1, 0.15) is 54.1 Å². The Morgan fingerprint density at radius 3 is 2.70 bits per heavy atom. The van der Waals surface area contributed by atoms with Crippen LogP contribution in [0.3, 0.4) is 0 Å². The molecule has 1 aliphatic heterocycles. The van der Waals surface area contributed by atoms with Crippen molar-refractivity contribution in [3.63, 3.8) is 0 Å². The number of H-pyrrole nitrogens is 1. The van der Waals surface area contributed by atoms with Gasteiger partial charge in [0.05, 0.1) is 12.1 Å². The van der Waals surface area contributed by atoms with E-state index in [4.69, 9.17) is 4.74 Å². The molecule has 0 atom stereocenters. The third-order valence-corrected chi connectivity index (χ3v) is 4.76. The van der Waals surface area contributed by atoms with Crippen LogP contribution >= 0.6 is 0 Å². The van der Waals surface area contributed by atoms with Crippen LogP contribution in [0, 0.1) is 5.82 Å². The Labute approximate surface area is 157 Å². The summed E-state index contributed by atoms with van der Waals surface area (Å²) in [6.07, 6.45) is 2.60. The lowest BCUT2D eigenvalue weighted by molar-refractivity contribution is 0.0522. The van der Waals surface area contributed by atoms with Crippen LogP contribution in [0.15, 0.2) is 12.1 Å². The summed E-state index contributed by atoms with van der Waals surface area (Å²) < 4.78 is 19.1. The van der Waals surface area contributed by atoms with Crippen molar-refractivity contribution in [1.29, 1.82) is 0 Å². The van der Waals surface area contributed by atoms with Crippen LogP contribution in [0.25, 0.3) is 11.0 Å². The average molecular weight is 376 g/mol. The largest absolute Gasteiger partial charge is 0.462 e. The molecule has 0 spiro atoms. The maximum Gasteiger partial charge on any atom is 0.343 e. The second-order valence-electron chi connectivity index (χ2n) is 6.60. The number of halogens is 1. The van der Waals surface area contributed by atoms with Gasteiger partial charge in [0.2, 0.25) is 0 Å². The lowest BCUT2D eigenvalue weighted by atomic mass is 10.0. The van der Waals surface area contributed by atoms with Gasteiger partial charge in [-0.3, -0.25) is 4.79 Å². The molecular weight excluding hydrogens is 351 g/mol. The first-order valence-corrected chi connectivity index (χ1v) is 9.43. The van der Waals surface area contributed by atoms with E-state index in [-0.39, 0.29) is 35.5 Å². The lowest BCUT2D eigenvalue weighted by Gasteiger charge is -2.34. The second kappa shape index (κ2) is 8.47.